The molecule has 3 aromatic rings. The van der Waals surface area contributed by atoms with Crippen LogP contribution in [0.3, 0.4) is 0 Å². The van der Waals surface area contributed by atoms with Crippen LogP contribution >= 0.6 is 11.6 Å². The van der Waals surface area contributed by atoms with E-state index in [1.54, 1.807) is 7.11 Å². The van der Waals surface area contributed by atoms with Gasteiger partial charge in [-0.3, -0.25) is 4.68 Å². The van der Waals surface area contributed by atoms with Crippen molar-refractivity contribution >= 4 is 22.5 Å². The van der Waals surface area contributed by atoms with Gasteiger partial charge in [0.15, 0.2) is 6.61 Å². The summed E-state index contributed by atoms with van der Waals surface area (Å²) in [5.41, 5.74) is 1.98. The largest absolute Gasteiger partial charge is 0.497 e. The van der Waals surface area contributed by atoms with Crippen LogP contribution in [0.4, 0.5) is 0 Å². The fraction of sp³-hybridized carbons (Fsp3) is 0.176. The molecule has 0 radical (unpaired) electrons. The fourth-order valence-corrected chi connectivity index (χ4v) is 2.47. The summed E-state index contributed by atoms with van der Waals surface area (Å²) < 4.78 is 12.5. The Morgan fingerprint density at radius 1 is 1.22 bits per heavy atom. The number of halogens is 1. The number of hydrogen-bond acceptors (Lipinski definition) is 4. The molecule has 0 saturated carbocycles. The van der Waals surface area contributed by atoms with Gasteiger partial charge in [-0.05, 0) is 35.9 Å². The number of hydrogen-bond donors (Lipinski definition) is 0. The van der Waals surface area contributed by atoms with E-state index < -0.39 is 0 Å². The first-order valence-corrected chi connectivity index (χ1v) is 7.38. The van der Waals surface area contributed by atoms with Crippen LogP contribution in [0.5, 0.6) is 11.6 Å². The summed E-state index contributed by atoms with van der Waals surface area (Å²) in [5.74, 6) is 1.14. The van der Waals surface area contributed by atoms with E-state index in [1.807, 2.05) is 53.2 Å². The molecule has 116 valence electrons. The van der Waals surface area contributed by atoms with E-state index in [0.29, 0.717) is 23.2 Å². The number of ether oxygens (including phenoxy) is 2. The van der Waals surface area contributed by atoms with Gasteiger partial charge in [0.25, 0.3) is 0 Å². The van der Waals surface area contributed by atoms with Crippen LogP contribution in [0.25, 0.3) is 10.9 Å². The third-order valence-corrected chi connectivity index (χ3v) is 3.69. The Morgan fingerprint density at radius 2 is 2.00 bits per heavy atom. The molecule has 0 aliphatic rings. The Labute approximate surface area is 138 Å². The predicted molar refractivity (Wildman–Crippen MR) is 87.9 cm³/mol. The summed E-state index contributed by atoms with van der Waals surface area (Å²) in [4.78, 5) is 0. The maximum absolute atomic E-state index is 8.72. The summed E-state index contributed by atoms with van der Waals surface area (Å²) >= 11 is 5.92. The number of aromatic nitrogens is 2. The first-order chi connectivity index (χ1) is 11.2. The Balaban J connectivity index is 2.02. The minimum absolute atomic E-state index is 0.0513. The molecule has 0 aliphatic carbocycles. The molecule has 0 aliphatic heterocycles. The quantitative estimate of drug-likeness (QED) is 0.717. The molecule has 0 spiro atoms. The van der Waals surface area contributed by atoms with Gasteiger partial charge in [0.1, 0.15) is 11.8 Å². The second-order valence-electron chi connectivity index (χ2n) is 4.92. The van der Waals surface area contributed by atoms with Crippen molar-refractivity contribution in [3.05, 3.63) is 53.1 Å². The van der Waals surface area contributed by atoms with Crippen LogP contribution < -0.4 is 9.47 Å². The van der Waals surface area contributed by atoms with Crippen LogP contribution in [0.1, 0.15) is 5.56 Å². The van der Waals surface area contributed by atoms with Gasteiger partial charge in [-0.2, -0.15) is 5.26 Å². The summed E-state index contributed by atoms with van der Waals surface area (Å²) in [6, 6.07) is 15.2. The molecule has 3 rings (SSSR count). The molecular formula is C17H14ClN3O2. The van der Waals surface area contributed by atoms with E-state index in [1.165, 1.54) is 0 Å². The lowest BCUT2D eigenvalue weighted by Crippen LogP contribution is -2.02. The van der Waals surface area contributed by atoms with Crippen LogP contribution in [0, 0.1) is 11.3 Å². The Bertz CT molecular complexity index is 866. The van der Waals surface area contributed by atoms with Gasteiger partial charge in [-0.15, -0.1) is 5.10 Å². The molecule has 0 atom stereocenters. The number of methoxy groups -OCH3 is 1. The first-order valence-electron chi connectivity index (χ1n) is 7.00. The molecule has 0 unspecified atom stereocenters. The lowest BCUT2D eigenvalue weighted by atomic mass is 10.2. The van der Waals surface area contributed by atoms with Gasteiger partial charge in [-0.25, -0.2) is 0 Å². The molecule has 0 N–H and O–H groups in total. The third-order valence-electron chi connectivity index (χ3n) is 3.44. The predicted octanol–water partition coefficient (Wildman–Crippen LogP) is 3.65. The zero-order valence-corrected chi connectivity index (χ0v) is 13.2. The van der Waals surface area contributed by atoms with E-state index in [-0.39, 0.29) is 6.61 Å². The molecular weight excluding hydrogens is 314 g/mol. The lowest BCUT2D eigenvalue weighted by Gasteiger charge is -2.04. The monoisotopic (exact) mass is 327 g/mol. The average Bonchev–Trinajstić information content (AvgIpc) is 2.92. The average molecular weight is 328 g/mol. The second kappa shape index (κ2) is 6.59. The number of rotatable bonds is 5. The summed E-state index contributed by atoms with van der Waals surface area (Å²) in [5, 5.41) is 14.7. The molecule has 0 saturated heterocycles. The van der Waals surface area contributed by atoms with Crippen molar-refractivity contribution in [2.24, 2.45) is 0 Å². The van der Waals surface area contributed by atoms with Crippen molar-refractivity contribution in [2.45, 2.75) is 6.54 Å². The van der Waals surface area contributed by atoms with Crippen molar-refractivity contribution in [1.29, 1.82) is 5.26 Å². The number of nitriles is 1. The first kappa shape index (κ1) is 15.2. The van der Waals surface area contributed by atoms with Crippen molar-refractivity contribution in [3.8, 4) is 17.7 Å². The molecule has 23 heavy (non-hydrogen) atoms. The molecule has 0 bridgehead atoms. The van der Waals surface area contributed by atoms with Crippen molar-refractivity contribution < 1.29 is 9.47 Å². The molecule has 5 nitrogen and oxygen atoms in total. The summed E-state index contributed by atoms with van der Waals surface area (Å²) in [6.45, 7) is 0.528. The highest BCUT2D eigenvalue weighted by Crippen LogP contribution is 2.29. The van der Waals surface area contributed by atoms with Gasteiger partial charge in [-0.1, -0.05) is 23.7 Å². The summed E-state index contributed by atoms with van der Waals surface area (Å²) in [6.07, 6.45) is 0. The highest BCUT2D eigenvalue weighted by Gasteiger charge is 2.13. The Morgan fingerprint density at radius 3 is 2.70 bits per heavy atom. The third kappa shape index (κ3) is 3.22. The molecule has 1 heterocycles. The van der Waals surface area contributed by atoms with Crippen LogP contribution in [-0.4, -0.2) is 23.5 Å². The molecule has 2 aromatic carbocycles. The maximum Gasteiger partial charge on any atom is 0.241 e. The van der Waals surface area contributed by atoms with E-state index >= 15 is 0 Å². The van der Waals surface area contributed by atoms with Crippen LogP contribution in [-0.2, 0) is 6.54 Å². The number of nitrogens with zero attached hydrogens (tertiary/aromatic N) is 3. The van der Waals surface area contributed by atoms with E-state index in [9.17, 15) is 0 Å². The van der Waals surface area contributed by atoms with Gasteiger partial charge in [0.2, 0.25) is 5.88 Å². The van der Waals surface area contributed by atoms with Crippen molar-refractivity contribution in [2.75, 3.05) is 13.7 Å². The van der Waals surface area contributed by atoms with Crippen LogP contribution in [0.15, 0.2) is 42.5 Å². The van der Waals surface area contributed by atoms with Gasteiger partial charge in [0.05, 0.1) is 24.6 Å². The zero-order valence-electron chi connectivity index (χ0n) is 12.5. The van der Waals surface area contributed by atoms with Gasteiger partial charge in [0, 0.05) is 5.02 Å². The normalized spacial score (nSPS) is 10.5. The SMILES string of the molecule is COc1ccc2c(c1)c(OCC#N)nn2Cc1ccc(Cl)cc1. The number of fused-ring (bicyclic) bond motifs is 1. The lowest BCUT2D eigenvalue weighted by molar-refractivity contribution is 0.351. The highest BCUT2D eigenvalue weighted by atomic mass is 35.5. The standard InChI is InChI=1S/C17H14ClN3O2/c1-22-14-6-7-16-15(10-14)17(23-9-8-19)20-21(16)11-12-2-4-13(18)5-3-12/h2-7,10H,9,11H2,1H3. The maximum atomic E-state index is 8.72. The second-order valence-corrected chi connectivity index (χ2v) is 5.36. The van der Waals surface area contributed by atoms with Gasteiger partial charge >= 0.3 is 0 Å². The topological polar surface area (TPSA) is 60.1 Å². The fourth-order valence-electron chi connectivity index (χ4n) is 2.35. The molecule has 0 amide bonds. The van der Waals surface area contributed by atoms with Crippen molar-refractivity contribution in [3.63, 3.8) is 0 Å². The van der Waals surface area contributed by atoms with E-state index in [4.69, 9.17) is 26.3 Å². The smallest absolute Gasteiger partial charge is 0.241 e. The minimum atomic E-state index is -0.0513. The molecule has 0 fully saturated rings. The molecule has 1 aromatic heterocycles. The van der Waals surface area contributed by atoms with Crippen LogP contribution in [0.2, 0.25) is 5.02 Å². The van der Waals surface area contributed by atoms with Crippen molar-refractivity contribution in [1.82, 2.24) is 9.78 Å². The van der Waals surface area contributed by atoms with E-state index in [0.717, 1.165) is 16.5 Å². The number of benzene rings is 2. The molecule has 6 heteroatoms. The Hall–Kier alpha value is -2.71. The summed E-state index contributed by atoms with van der Waals surface area (Å²) in [7, 11) is 1.61. The Kier molecular flexibility index (Phi) is 4.35. The zero-order chi connectivity index (χ0) is 16.2. The minimum Gasteiger partial charge on any atom is -0.497 e. The van der Waals surface area contributed by atoms with Gasteiger partial charge < -0.3 is 9.47 Å². The highest BCUT2D eigenvalue weighted by molar-refractivity contribution is 6.30. The van der Waals surface area contributed by atoms with E-state index in [2.05, 4.69) is 5.10 Å².